The van der Waals surface area contributed by atoms with Crippen molar-refractivity contribution in [1.82, 2.24) is 0 Å². The first-order valence-corrected chi connectivity index (χ1v) is 9.20. The highest BCUT2D eigenvalue weighted by molar-refractivity contribution is 7.98. The Balaban J connectivity index is 2.56. The smallest absolute Gasteiger partial charge is 0.156 e. The Morgan fingerprint density at radius 3 is 2.38 bits per heavy atom. The molecule has 0 aliphatic rings. The lowest BCUT2D eigenvalue weighted by Gasteiger charge is -2.12. The predicted molar refractivity (Wildman–Crippen MR) is 94.9 cm³/mol. The third kappa shape index (κ3) is 7.75. The average Bonchev–Trinajstić information content (AvgIpc) is 2.40. The number of rotatable bonds is 9. The van der Waals surface area contributed by atoms with Crippen LogP contribution in [0.4, 0.5) is 0 Å². The van der Waals surface area contributed by atoms with Crippen LogP contribution in [0.15, 0.2) is 22.7 Å². The zero-order chi connectivity index (χ0) is 15.7. The molecule has 0 saturated heterocycles. The molecule has 0 radical (unpaired) electrons. The molecule has 0 saturated carbocycles. The Labute approximate surface area is 149 Å². The lowest BCUT2D eigenvalue weighted by molar-refractivity contribution is 0.309. The van der Waals surface area contributed by atoms with E-state index in [9.17, 15) is 0 Å². The van der Waals surface area contributed by atoms with Crippen molar-refractivity contribution < 1.29 is 9.47 Å². The summed E-state index contributed by atoms with van der Waals surface area (Å²) >= 11 is 25.1. The van der Waals surface area contributed by atoms with E-state index < -0.39 is 0 Å². The second-order valence-corrected chi connectivity index (χ2v) is 6.88. The molecule has 1 aromatic rings. The minimum Gasteiger partial charge on any atom is -0.490 e. The van der Waals surface area contributed by atoms with E-state index in [1.165, 1.54) is 6.08 Å². The first kappa shape index (κ1) is 19.1. The molecule has 0 amide bonds. The van der Waals surface area contributed by atoms with Gasteiger partial charge < -0.3 is 9.47 Å². The molecule has 21 heavy (non-hydrogen) atoms. The summed E-state index contributed by atoms with van der Waals surface area (Å²) in [7, 11) is 0. The predicted octanol–water partition coefficient (Wildman–Crippen LogP) is 6.21. The molecule has 0 aliphatic heterocycles. The maximum atomic E-state index is 6.16. The number of ether oxygens (including phenoxy) is 2. The van der Waals surface area contributed by atoms with E-state index in [1.54, 1.807) is 12.1 Å². The third-order valence-electron chi connectivity index (χ3n) is 2.45. The molecule has 118 valence electrons. The number of hydrogen-bond donors (Lipinski definition) is 0. The first-order valence-electron chi connectivity index (χ1n) is 6.29. The van der Waals surface area contributed by atoms with E-state index in [-0.39, 0.29) is 11.1 Å². The Kier molecular flexibility index (Phi) is 9.78. The standard InChI is InChI=1S/C14H16Cl4O2S/c1-21-7-3-2-5-20-14-11(15)8-10(9-12(14)16)19-6-4-13(17)18/h4,8-9H,2-3,5-7H2,1H3. The van der Waals surface area contributed by atoms with E-state index in [1.807, 2.05) is 11.8 Å². The minimum absolute atomic E-state index is 0.150. The van der Waals surface area contributed by atoms with Crippen LogP contribution < -0.4 is 9.47 Å². The summed E-state index contributed by atoms with van der Waals surface area (Å²) in [5.74, 6) is 2.14. The molecule has 0 unspecified atom stereocenters. The maximum Gasteiger partial charge on any atom is 0.156 e. The second-order valence-electron chi connectivity index (χ2n) is 4.07. The van der Waals surface area contributed by atoms with Gasteiger partial charge >= 0.3 is 0 Å². The van der Waals surface area contributed by atoms with Crippen molar-refractivity contribution >= 4 is 58.2 Å². The molecular weight excluding hydrogens is 374 g/mol. The molecule has 7 heteroatoms. The Morgan fingerprint density at radius 2 is 1.81 bits per heavy atom. The zero-order valence-electron chi connectivity index (χ0n) is 11.5. The molecule has 0 fully saturated rings. The molecule has 0 atom stereocenters. The summed E-state index contributed by atoms with van der Waals surface area (Å²) in [6.45, 7) is 0.828. The van der Waals surface area contributed by atoms with E-state index in [0.717, 1.165) is 18.6 Å². The third-order valence-corrected chi connectivity index (χ3v) is 4.02. The van der Waals surface area contributed by atoms with Gasteiger partial charge in [-0.25, -0.2) is 0 Å². The number of unbranched alkanes of at least 4 members (excludes halogenated alkanes) is 1. The van der Waals surface area contributed by atoms with Crippen LogP contribution in [0.1, 0.15) is 12.8 Å². The fourth-order valence-electron chi connectivity index (χ4n) is 1.48. The summed E-state index contributed by atoms with van der Waals surface area (Å²) in [5.41, 5.74) is 0. The van der Waals surface area contributed by atoms with Gasteiger partial charge in [0, 0.05) is 12.1 Å². The highest BCUT2D eigenvalue weighted by Crippen LogP contribution is 2.37. The van der Waals surface area contributed by atoms with E-state index in [4.69, 9.17) is 55.9 Å². The lowest BCUT2D eigenvalue weighted by Crippen LogP contribution is -2.00. The molecule has 0 bridgehead atoms. The highest BCUT2D eigenvalue weighted by atomic mass is 35.5. The van der Waals surface area contributed by atoms with E-state index >= 15 is 0 Å². The first-order chi connectivity index (χ1) is 10.0. The quantitative estimate of drug-likeness (QED) is 0.467. The van der Waals surface area contributed by atoms with Crippen LogP contribution >= 0.6 is 58.2 Å². The van der Waals surface area contributed by atoms with Gasteiger partial charge in [0.2, 0.25) is 0 Å². The van der Waals surface area contributed by atoms with Crippen molar-refractivity contribution in [2.45, 2.75) is 12.8 Å². The van der Waals surface area contributed by atoms with Gasteiger partial charge in [-0.3, -0.25) is 0 Å². The largest absolute Gasteiger partial charge is 0.490 e. The SMILES string of the molecule is CSCCCCOc1c(Cl)cc(OCC=C(Cl)Cl)cc1Cl. The molecule has 1 rings (SSSR count). The lowest BCUT2D eigenvalue weighted by atomic mass is 10.3. The normalized spacial score (nSPS) is 10.3. The summed E-state index contributed by atoms with van der Waals surface area (Å²) in [6, 6.07) is 3.31. The Hall–Kier alpha value is 0.0700. The van der Waals surface area contributed by atoms with Gasteiger partial charge in [0.25, 0.3) is 0 Å². The van der Waals surface area contributed by atoms with Crippen LogP contribution in [-0.2, 0) is 0 Å². The highest BCUT2D eigenvalue weighted by Gasteiger charge is 2.10. The van der Waals surface area contributed by atoms with Crippen molar-refractivity contribution in [3.63, 3.8) is 0 Å². The van der Waals surface area contributed by atoms with Gasteiger partial charge in [0.05, 0.1) is 16.7 Å². The monoisotopic (exact) mass is 388 g/mol. The van der Waals surface area contributed by atoms with Gasteiger partial charge in [-0.05, 0) is 30.9 Å². The van der Waals surface area contributed by atoms with Crippen LogP contribution in [0.3, 0.4) is 0 Å². The van der Waals surface area contributed by atoms with Crippen LogP contribution in [0.5, 0.6) is 11.5 Å². The van der Waals surface area contributed by atoms with Gasteiger partial charge in [0.15, 0.2) is 5.75 Å². The number of halogens is 4. The van der Waals surface area contributed by atoms with Crippen LogP contribution in [0.25, 0.3) is 0 Å². The van der Waals surface area contributed by atoms with Crippen molar-refractivity contribution in [2.24, 2.45) is 0 Å². The van der Waals surface area contributed by atoms with Gasteiger partial charge in [-0.1, -0.05) is 46.4 Å². The second kappa shape index (κ2) is 10.7. The number of hydrogen-bond acceptors (Lipinski definition) is 3. The molecular formula is C14H16Cl4O2S. The van der Waals surface area contributed by atoms with Crippen molar-refractivity contribution in [1.29, 1.82) is 0 Å². The van der Waals surface area contributed by atoms with E-state index in [0.29, 0.717) is 28.2 Å². The number of benzene rings is 1. The number of thioether (sulfide) groups is 1. The summed E-state index contributed by atoms with van der Waals surface area (Å²) < 4.78 is 11.2. The van der Waals surface area contributed by atoms with E-state index in [2.05, 4.69) is 6.26 Å². The van der Waals surface area contributed by atoms with Crippen molar-refractivity contribution in [3.05, 3.63) is 32.7 Å². The summed E-state index contributed by atoms with van der Waals surface area (Å²) in [6.07, 6.45) is 5.68. The summed E-state index contributed by atoms with van der Waals surface area (Å²) in [4.78, 5) is 0. The fraction of sp³-hybridized carbons (Fsp3) is 0.429. The molecule has 1 aromatic carbocycles. The average molecular weight is 390 g/mol. The molecule has 0 spiro atoms. The topological polar surface area (TPSA) is 18.5 Å². The van der Waals surface area contributed by atoms with Crippen LogP contribution in [-0.4, -0.2) is 25.2 Å². The van der Waals surface area contributed by atoms with Crippen molar-refractivity contribution in [2.75, 3.05) is 25.2 Å². The Bertz CT molecular complexity index is 453. The molecule has 2 nitrogen and oxygen atoms in total. The van der Waals surface area contributed by atoms with Crippen molar-refractivity contribution in [3.8, 4) is 11.5 Å². The zero-order valence-corrected chi connectivity index (χ0v) is 15.3. The maximum absolute atomic E-state index is 6.16. The van der Waals surface area contributed by atoms with Crippen LogP contribution in [0.2, 0.25) is 10.0 Å². The molecule has 0 heterocycles. The Morgan fingerprint density at radius 1 is 1.14 bits per heavy atom. The van der Waals surface area contributed by atoms with Crippen LogP contribution in [0, 0.1) is 0 Å². The van der Waals surface area contributed by atoms with Gasteiger partial charge in [-0.2, -0.15) is 11.8 Å². The molecule has 0 N–H and O–H groups in total. The fourth-order valence-corrected chi connectivity index (χ4v) is 2.68. The minimum atomic E-state index is 0.150. The molecule has 0 aromatic heterocycles. The van der Waals surface area contributed by atoms with Gasteiger partial charge in [0.1, 0.15) is 16.8 Å². The summed E-state index contributed by atoms with van der Waals surface area (Å²) in [5, 5.41) is 0.839. The molecule has 0 aliphatic carbocycles. The van der Waals surface area contributed by atoms with Gasteiger partial charge in [-0.15, -0.1) is 0 Å².